The largest absolute Gasteiger partial charge is 0.472 e. The van der Waals surface area contributed by atoms with Gasteiger partial charge in [-0.2, -0.15) is 0 Å². The van der Waals surface area contributed by atoms with E-state index in [-0.39, 0.29) is 19.4 Å². The van der Waals surface area contributed by atoms with E-state index in [0.717, 1.165) is 70.6 Å². The number of allylic oxidation sites excluding steroid dienone is 10. The normalized spacial score (nSPS) is 14.6. The zero-order valence-corrected chi connectivity index (χ0v) is 33.1. The van der Waals surface area contributed by atoms with Crippen LogP contribution in [0.2, 0.25) is 0 Å². The minimum Gasteiger partial charge on any atom is -0.462 e. The summed E-state index contributed by atoms with van der Waals surface area (Å²) in [6.07, 6.45) is 39.1. The van der Waals surface area contributed by atoms with Crippen molar-refractivity contribution in [1.29, 1.82) is 0 Å². The van der Waals surface area contributed by atoms with Crippen molar-refractivity contribution in [3.63, 3.8) is 0 Å². The molecule has 0 bridgehead atoms. The number of aliphatic hydroxyl groups excluding tert-OH is 2. The summed E-state index contributed by atoms with van der Waals surface area (Å²) in [6.45, 7) is 2.19. The van der Waals surface area contributed by atoms with Gasteiger partial charge in [0.05, 0.1) is 19.8 Å². The molecule has 0 saturated carbocycles. The summed E-state index contributed by atoms with van der Waals surface area (Å²) in [6, 6.07) is 0. The summed E-state index contributed by atoms with van der Waals surface area (Å²) < 4.78 is 32.5. The smallest absolute Gasteiger partial charge is 0.462 e. The van der Waals surface area contributed by atoms with Gasteiger partial charge in [0, 0.05) is 12.8 Å². The predicted molar refractivity (Wildman–Crippen MR) is 210 cm³/mol. The van der Waals surface area contributed by atoms with Crippen LogP contribution in [0.25, 0.3) is 0 Å². The lowest BCUT2D eigenvalue weighted by Crippen LogP contribution is -2.29. The molecule has 3 N–H and O–H groups in total. The first-order valence-corrected chi connectivity index (χ1v) is 21.2. The fourth-order valence-electron chi connectivity index (χ4n) is 4.90. The number of phosphoric ester groups is 1. The zero-order chi connectivity index (χ0) is 38.4. The van der Waals surface area contributed by atoms with Crippen molar-refractivity contribution in [2.24, 2.45) is 0 Å². The Balaban J connectivity index is 4.41. The molecular formula is C41H71O10P. The minimum atomic E-state index is -4.62. The van der Waals surface area contributed by atoms with Crippen molar-refractivity contribution in [2.45, 2.75) is 161 Å². The van der Waals surface area contributed by atoms with Crippen LogP contribution in [-0.2, 0) is 32.7 Å². The lowest BCUT2D eigenvalue weighted by atomic mass is 10.1. The Bertz CT molecular complexity index is 1050. The van der Waals surface area contributed by atoms with E-state index in [1.54, 1.807) is 0 Å². The highest BCUT2D eigenvalue weighted by atomic mass is 31.2. The van der Waals surface area contributed by atoms with Crippen molar-refractivity contribution in [3.8, 4) is 0 Å². The summed E-state index contributed by atoms with van der Waals surface area (Å²) >= 11 is 0. The van der Waals surface area contributed by atoms with E-state index in [2.05, 4.69) is 79.1 Å². The Hall–Kier alpha value is -2.33. The van der Waals surface area contributed by atoms with Crippen LogP contribution in [0.1, 0.15) is 149 Å². The second-order valence-electron chi connectivity index (χ2n) is 12.9. The van der Waals surface area contributed by atoms with Crippen molar-refractivity contribution in [2.75, 3.05) is 26.4 Å². The fourth-order valence-corrected chi connectivity index (χ4v) is 5.69. The standard InChI is InChI=1S/C41H71O10P/c1-3-5-7-9-11-13-15-16-17-18-19-20-21-22-23-25-27-29-31-33-41(45)51-39(37-50-52(46,47)49-35-38(43)34-42)36-48-40(44)32-30-28-26-24-14-12-10-8-6-4-2/h5,7,11,13,16-17,19-20,22-23,38-39,42-43H,3-4,6,8-10,12,14-15,18,21,24-37H2,1-2H3,(H,46,47)/b7-5+,13-11+,17-16+,20-19+,23-22+/t38-,39+/m0/s1. The third kappa shape index (κ3) is 36.0. The molecule has 3 atom stereocenters. The van der Waals surface area contributed by atoms with Gasteiger partial charge in [0.25, 0.3) is 0 Å². The topological polar surface area (TPSA) is 149 Å². The number of rotatable bonds is 36. The number of carbonyl (C=O) groups excluding carboxylic acids is 2. The SMILES string of the molecule is CC/C=C/C/C=C/C/C=C/C/C=C/C/C=C/CCCCCC(=O)O[C@H](COC(=O)CCCCCCCCCCCC)COP(=O)(O)OC[C@@H](O)CO. The molecule has 0 amide bonds. The number of phosphoric acid groups is 1. The average Bonchev–Trinajstić information content (AvgIpc) is 3.13. The molecule has 0 radical (unpaired) electrons. The molecule has 0 spiro atoms. The summed E-state index contributed by atoms with van der Waals surface area (Å²) in [4.78, 5) is 34.8. The van der Waals surface area contributed by atoms with Crippen LogP contribution in [0.15, 0.2) is 60.8 Å². The van der Waals surface area contributed by atoms with Crippen LogP contribution < -0.4 is 0 Å². The van der Waals surface area contributed by atoms with E-state index < -0.39 is 51.8 Å². The molecule has 300 valence electrons. The van der Waals surface area contributed by atoms with Crippen LogP contribution in [0, 0.1) is 0 Å². The molecule has 0 aliphatic heterocycles. The summed E-state index contributed by atoms with van der Waals surface area (Å²) in [5, 5.41) is 18.3. The molecule has 1 unspecified atom stereocenters. The molecule has 0 aromatic heterocycles. The van der Waals surface area contributed by atoms with Crippen molar-refractivity contribution in [1.82, 2.24) is 0 Å². The van der Waals surface area contributed by atoms with Gasteiger partial charge in [-0.3, -0.25) is 18.6 Å². The number of ether oxygens (including phenoxy) is 2. The number of carbonyl (C=O) groups is 2. The number of hydrogen-bond donors (Lipinski definition) is 3. The van der Waals surface area contributed by atoms with E-state index in [1.807, 2.05) is 0 Å². The Morgan fingerprint density at radius 3 is 1.60 bits per heavy atom. The summed E-state index contributed by atoms with van der Waals surface area (Å²) in [5.74, 6) is -0.969. The Labute approximate surface area is 315 Å². The molecule has 0 fully saturated rings. The van der Waals surface area contributed by atoms with Crippen LogP contribution in [-0.4, -0.2) is 65.7 Å². The van der Waals surface area contributed by atoms with Gasteiger partial charge in [-0.1, -0.05) is 139 Å². The minimum absolute atomic E-state index is 0.144. The maximum absolute atomic E-state index is 12.6. The van der Waals surface area contributed by atoms with E-state index in [1.165, 1.54) is 38.5 Å². The van der Waals surface area contributed by atoms with Gasteiger partial charge < -0.3 is 24.6 Å². The third-order valence-corrected chi connectivity index (χ3v) is 8.89. The second-order valence-corrected chi connectivity index (χ2v) is 14.4. The van der Waals surface area contributed by atoms with Crippen LogP contribution in [0.3, 0.4) is 0 Å². The number of hydrogen-bond acceptors (Lipinski definition) is 9. The molecule has 0 heterocycles. The first-order chi connectivity index (χ1) is 25.2. The fraction of sp³-hybridized carbons (Fsp3) is 0.707. The summed E-state index contributed by atoms with van der Waals surface area (Å²) in [5.41, 5.74) is 0. The maximum Gasteiger partial charge on any atom is 0.472 e. The Morgan fingerprint density at radius 2 is 1.06 bits per heavy atom. The maximum atomic E-state index is 12.6. The number of esters is 2. The van der Waals surface area contributed by atoms with Gasteiger partial charge >= 0.3 is 19.8 Å². The lowest BCUT2D eigenvalue weighted by molar-refractivity contribution is -0.161. The van der Waals surface area contributed by atoms with E-state index in [4.69, 9.17) is 19.1 Å². The number of unbranched alkanes of at least 4 members (excludes halogenated alkanes) is 12. The summed E-state index contributed by atoms with van der Waals surface area (Å²) in [7, 11) is -4.62. The van der Waals surface area contributed by atoms with Crippen molar-refractivity contribution >= 4 is 19.8 Å². The molecule has 0 aliphatic carbocycles. The second kappa shape index (κ2) is 37.0. The lowest BCUT2D eigenvalue weighted by Gasteiger charge is -2.20. The quantitative estimate of drug-likeness (QED) is 0.0244. The van der Waals surface area contributed by atoms with Gasteiger partial charge in [-0.05, 0) is 57.8 Å². The Kier molecular flexibility index (Phi) is 35.3. The van der Waals surface area contributed by atoms with Gasteiger partial charge in [0.2, 0.25) is 0 Å². The molecule has 10 nitrogen and oxygen atoms in total. The van der Waals surface area contributed by atoms with Crippen LogP contribution in [0.5, 0.6) is 0 Å². The highest BCUT2D eigenvalue weighted by molar-refractivity contribution is 7.47. The van der Waals surface area contributed by atoms with Gasteiger partial charge in [-0.15, -0.1) is 0 Å². The molecule has 0 saturated heterocycles. The van der Waals surface area contributed by atoms with Crippen molar-refractivity contribution in [3.05, 3.63) is 60.8 Å². The van der Waals surface area contributed by atoms with Crippen LogP contribution in [0.4, 0.5) is 0 Å². The predicted octanol–water partition coefficient (Wildman–Crippen LogP) is 9.94. The molecule has 0 rings (SSSR count). The van der Waals surface area contributed by atoms with Gasteiger partial charge in [0.15, 0.2) is 6.10 Å². The van der Waals surface area contributed by atoms with Crippen LogP contribution >= 0.6 is 7.82 Å². The first-order valence-electron chi connectivity index (χ1n) is 19.7. The molecule has 52 heavy (non-hydrogen) atoms. The average molecular weight is 755 g/mol. The molecule has 11 heteroatoms. The van der Waals surface area contributed by atoms with E-state index in [0.29, 0.717) is 12.8 Å². The van der Waals surface area contributed by atoms with E-state index in [9.17, 15) is 24.2 Å². The van der Waals surface area contributed by atoms with Gasteiger partial charge in [-0.25, -0.2) is 4.57 Å². The third-order valence-electron chi connectivity index (χ3n) is 7.94. The first kappa shape index (κ1) is 49.7. The Morgan fingerprint density at radius 1 is 0.596 bits per heavy atom. The van der Waals surface area contributed by atoms with Crippen molar-refractivity contribution < 1.29 is 47.8 Å². The van der Waals surface area contributed by atoms with E-state index >= 15 is 0 Å². The molecule has 0 aromatic rings. The molecule has 0 aliphatic rings. The zero-order valence-electron chi connectivity index (χ0n) is 32.3. The highest BCUT2D eigenvalue weighted by Gasteiger charge is 2.27. The highest BCUT2D eigenvalue weighted by Crippen LogP contribution is 2.43. The number of aliphatic hydroxyl groups is 2. The van der Waals surface area contributed by atoms with Gasteiger partial charge in [0.1, 0.15) is 12.7 Å². The monoisotopic (exact) mass is 754 g/mol. The molecule has 0 aromatic carbocycles. The molecular weight excluding hydrogens is 683 g/mol.